The van der Waals surface area contributed by atoms with Crippen LogP contribution in [0.15, 0.2) is 17.5 Å². The molecule has 3 heteroatoms. The van der Waals surface area contributed by atoms with Gasteiger partial charge in [-0.2, -0.15) is 0 Å². The van der Waals surface area contributed by atoms with Crippen LogP contribution in [0.2, 0.25) is 0 Å². The highest BCUT2D eigenvalue weighted by Gasteiger charge is 2.16. The van der Waals surface area contributed by atoms with E-state index in [1.807, 2.05) is 0 Å². The number of hydrogen-bond acceptors (Lipinski definition) is 3. The summed E-state index contributed by atoms with van der Waals surface area (Å²) in [7, 11) is 0. The second-order valence-corrected chi connectivity index (χ2v) is 5.26. The molecule has 0 aliphatic rings. The molecule has 2 nitrogen and oxygen atoms in total. The minimum atomic E-state index is 0.236. The molecule has 0 aliphatic heterocycles. The van der Waals surface area contributed by atoms with E-state index in [1.54, 1.807) is 11.3 Å². The maximum atomic E-state index is 9.05. The van der Waals surface area contributed by atoms with E-state index in [1.165, 1.54) is 4.88 Å². The fourth-order valence-electron chi connectivity index (χ4n) is 1.44. The van der Waals surface area contributed by atoms with Gasteiger partial charge in [0.15, 0.2) is 0 Å². The molecule has 86 valence electrons. The van der Waals surface area contributed by atoms with Gasteiger partial charge >= 0.3 is 0 Å². The van der Waals surface area contributed by atoms with Crippen molar-refractivity contribution >= 4 is 11.3 Å². The van der Waals surface area contributed by atoms with E-state index in [0.717, 1.165) is 6.42 Å². The molecule has 2 atom stereocenters. The van der Waals surface area contributed by atoms with Gasteiger partial charge in [0.2, 0.25) is 0 Å². The van der Waals surface area contributed by atoms with Crippen molar-refractivity contribution in [2.75, 3.05) is 6.61 Å². The van der Waals surface area contributed by atoms with Gasteiger partial charge in [-0.3, -0.25) is 0 Å². The second-order valence-electron chi connectivity index (χ2n) is 4.28. The van der Waals surface area contributed by atoms with E-state index < -0.39 is 0 Å². The molecule has 0 spiro atoms. The lowest BCUT2D eigenvalue weighted by molar-refractivity contribution is 0.254. The highest BCUT2D eigenvalue weighted by molar-refractivity contribution is 7.10. The number of hydrogen-bond donors (Lipinski definition) is 2. The van der Waals surface area contributed by atoms with Crippen LogP contribution in [0.4, 0.5) is 0 Å². The van der Waals surface area contributed by atoms with Crippen LogP contribution in [0, 0.1) is 5.92 Å². The van der Waals surface area contributed by atoms with Crippen molar-refractivity contribution in [3.05, 3.63) is 22.4 Å². The highest BCUT2D eigenvalue weighted by Crippen LogP contribution is 2.23. The lowest BCUT2D eigenvalue weighted by Crippen LogP contribution is -2.34. The highest BCUT2D eigenvalue weighted by atomic mass is 32.1. The summed E-state index contributed by atoms with van der Waals surface area (Å²) in [5.74, 6) is 0.617. The molecule has 0 bridgehead atoms. The van der Waals surface area contributed by atoms with Crippen LogP contribution >= 0.6 is 11.3 Å². The van der Waals surface area contributed by atoms with Crippen LogP contribution < -0.4 is 5.32 Å². The topological polar surface area (TPSA) is 32.3 Å². The van der Waals surface area contributed by atoms with Gasteiger partial charge in [-0.25, -0.2) is 0 Å². The second kappa shape index (κ2) is 6.26. The Morgan fingerprint density at radius 3 is 2.60 bits per heavy atom. The lowest BCUT2D eigenvalue weighted by Gasteiger charge is -2.24. The monoisotopic (exact) mass is 227 g/mol. The Hall–Kier alpha value is -0.380. The van der Waals surface area contributed by atoms with Gasteiger partial charge in [-0.1, -0.05) is 19.9 Å². The van der Waals surface area contributed by atoms with Crippen LogP contribution in [-0.4, -0.2) is 17.8 Å². The lowest BCUT2D eigenvalue weighted by atomic mass is 10.0. The normalized spacial score (nSPS) is 15.5. The first-order valence-electron chi connectivity index (χ1n) is 5.55. The van der Waals surface area contributed by atoms with Crippen LogP contribution in [0.25, 0.3) is 0 Å². The van der Waals surface area contributed by atoms with Crippen molar-refractivity contribution in [2.24, 2.45) is 5.92 Å². The molecule has 1 rings (SSSR count). The summed E-state index contributed by atoms with van der Waals surface area (Å²) in [6.07, 6.45) is 0.789. The third kappa shape index (κ3) is 3.93. The van der Waals surface area contributed by atoms with Crippen molar-refractivity contribution in [3.8, 4) is 0 Å². The predicted molar refractivity (Wildman–Crippen MR) is 66.2 cm³/mol. The maximum absolute atomic E-state index is 9.05. The summed E-state index contributed by atoms with van der Waals surface area (Å²) in [6.45, 7) is 6.85. The molecule has 0 radical (unpaired) electrons. The molecular weight excluding hydrogens is 206 g/mol. The molecule has 15 heavy (non-hydrogen) atoms. The zero-order valence-corrected chi connectivity index (χ0v) is 10.6. The van der Waals surface area contributed by atoms with E-state index in [0.29, 0.717) is 18.0 Å². The molecule has 2 N–H and O–H groups in total. The molecule has 0 fully saturated rings. The molecule has 1 aromatic rings. The first-order chi connectivity index (χ1) is 7.15. The van der Waals surface area contributed by atoms with Gasteiger partial charge in [-0.05, 0) is 30.7 Å². The average Bonchev–Trinajstić information content (AvgIpc) is 2.69. The van der Waals surface area contributed by atoms with E-state index in [9.17, 15) is 0 Å². The fraction of sp³-hybridized carbons (Fsp3) is 0.667. The summed E-state index contributed by atoms with van der Waals surface area (Å²) >= 11 is 1.75. The maximum Gasteiger partial charge on any atom is 0.0449 e. The smallest absolute Gasteiger partial charge is 0.0449 e. The Balaban J connectivity index is 2.59. The summed E-state index contributed by atoms with van der Waals surface area (Å²) in [6, 6.07) is 4.97. The third-order valence-corrected chi connectivity index (χ3v) is 3.75. The van der Waals surface area contributed by atoms with E-state index in [-0.39, 0.29) is 6.61 Å². The van der Waals surface area contributed by atoms with Crippen molar-refractivity contribution in [3.63, 3.8) is 0 Å². The molecule has 0 aromatic carbocycles. The van der Waals surface area contributed by atoms with Gasteiger partial charge in [0.25, 0.3) is 0 Å². The van der Waals surface area contributed by atoms with Crippen LogP contribution in [-0.2, 0) is 0 Å². The number of thiophene rings is 1. The minimum absolute atomic E-state index is 0.236. The van der Waals surface area contributed by atoms with Gasteiger partial charge < -0.3 is 10.4 Å². The van der Waals surface area contributed by atoms with Gasteiger partial charge in [-0.15, -0.1) is 11.3 Å². The molecule has 1 heterocycles. The molecule has 0 saturated carbocycles. The first kappa shape index (κ1) is 12.7. The quantitative estimate of drug-likeness (QED) is 0.783. The van der Waals surface area contributed by atoms with Crippen molar-refractivity contribution in [1.82, 2.24) is 5.32 Å². The Labute approximate surface area is 96.3 Å². The van der Waals surface area contributed by atoms with Crippen molar-refractivity contribution < 1.29 is 5.11 Å². The third-order valence-electron chi connectivity index (χ3n) is 2.77. The Morgan fingerprint density at radius 1 is 1.40 bits per heavy atom. The van der Waals surface area contributed by atoms with Gasteiger partial charge in [0, 0.05) is 23.6 Å². The SMILES string of the molecule is CC(C)C(C)NC(CCO)c1cccs1. The summed E-state index contributed by atoms with van der Waals surface area (Å²) in [5.41, 5.74) is 0. The Kier molecular flexibility index (Phi) is 5.29. The first-order valence-corrected chi connectivity index (χ1v) is 6.43. The number of nitrogens with one attached hydrogen (secondary N) is 1. The standard InChI is InChI=1S/C12H21NOS/c1-9(2)10(3)13-11(6-7-14)12-5-4-8-15-12/h4-5,8-11,13-14H,6-7H2,1-3H3. The number of rotatable bonds is 6. The zero-order chi connectivity index (χ0) is 11.3. The van der Waals surface area contributed by atoms with Gasteiger partial charge in [0.05, 0.1) is 0 Å². The van der Waals surface area contributed by atoms with Crippen LogP contribution in [0.5, 0.6) is 0 Å². The average molecular weight is 227 g/mol. The van der Waals surface area contributed by atoms with Gasteiger partial charge in [0.1, 0.15) is 0 Å². The van der Waals surface area contributed by atoms with E-state index >= 15 is 0 Å². The summed E-state index contributed by atoms with van der Waals surface area (Å²) < 4.78 is 0. The van der Waals surface area contributed by atoms with Crippen LogP contribution in [0.1, 0.15) is 38.1 Å². The Bertz CT molecular complexity index is 259. The van der Waals surface area contributed by atoms with Crippen LogP contribution in [0.3, 0.4) is 0 Å². The fourth-order valence-corrected chi connectivity index (χ4v) is 2.26. The molecular formula is C12H21NOS. The van der Waals surface area contributed by atoms with E-state index in [4.69, 9.17) is 5.11 Å². The van der Waals surface area contributed by atoms with E-state index in [2.05, 4.69) is 43.6 Å². The molecule has 1 aromatic heterocycles. The van der Waals surface area contributed by atoms with Crippen molar-refractivity contribution in [1.29, 1.82) is 0 Å². The van der Waals surface area contributed by atoms with Crippen molar-refractivity contribution in [2.45, 2.75) is 39.3 Å². The minimum Gasteiger partial charge on any atom is -0.396 e. The zero-order valence-electron chi connectivity index (χ0n) is 9.73. The molecule has 0 saturated heterocycles. The predicted octanol–water partition coefficient (Wildman–Crippen LogP) is 2.81. The molecule has 0 amide bonds. The summed E-state index contributed by atoms with van der Waals surface area (Å²) in [4.78, 5) is 1.32. The Morgan fingerprint density at radius 2 is 2.13 bits per heavy atom. The summed E-state index contributed by atoms with van der Waals surface area (Å²) in [5, 5.41) is 14.7. The molecule has 0 aliphatic carbocycles. The largest absolute Gasteiger partial charge is 0.396 e. The number of aliphatic hydroxyl groups is 1. The molecule has 2 unspecified atom stereocenters. The number of aliphatic hydroxyl groups excluding tert-OH is 1.